The van der Waals surface area contributed by atoms with Crippen molar-refractivity contribution in [3.8, 4) is 11.6 Å². The van der Waals surface area contributed by atoms with Crippen LogP contribution in [0.2, 0.25) is 0 Å². The summed E-state index contributed by atoms with van der Waals surface area (Å²) in [5.41, 5.74) is 1.37. The SMILES string of the molecule is CCn1cc(Oc2nc3ccccn3c2CO)cn1. The zero-order chi connectivity index (χ0) is 13.2. The van der Waals surface area contributed by atoms with Crippen LogP contribution >= 0.6 is 0 Å². The van der Waals surface area contributed by atoms with Gasteiger partial charge in [-0.15, -0.1) is 0 Å². The van der Waals surface area contributed by atoms with E-state index in [2.05, 4.69) is 10.1 Å². The number of aromatic nitrogens is 4. The first-order valence-corrected chi connectivity index (χ1v) is 6.09. The van der Waals surface area contributed by atoms with E-state index in [1.54, 1.807) is 21.5 Å². The standard InChI is InChI=1S/C13H14N4O2/c1-2-16-8-10(7-14-16)19-13-11(9-18)17-6-4-3-5-12(17)15-13/h3-8,18H,2,9H2,1H3. The molecule has 0 aliphatic carbocycles. The molecule has 0 bridgehead atoms. The van der Waals surface area contributed by atoms with Gasteiger partial charge in [-0.25, -0.2) is 0 Å². The van der Waals surface area contributed by atoms with Gasteiger partial charge in [0.1, 0.15) is 11.3 Å². The Kier molecular flexibility index (Phi) is 2.92. The van der Waals surface area contributed by atoms with Gasteiger partial charge in [-0.3, -0.25) is 9.08 Å². The summed E-state index contributed by atoms with van der Waals surface area (Å²) < 4.78 is 9.27. The monoisotopic (exact) mass is 258 g/mol. The Morgan fingerprint density at radius 2 is 2.26 bits per heavy atom. The molecule has 0 unspecified atom stereocenters. The Bertz CT molecular complexity index is 702. The van der Waals surface area contributed by atoms with Crippen molar-refractivity contribution < 1.29 is 9.84 Å². The highest BCUT2D eigenvalue weighted by molar-refractivity contribution is 5.46. The van der Waals surface area contributed by atoms with Gasteiger partial charge in [-0.05, 0) is 19.1 Å². The predicted octanol–water partition coefficient (Wildman–Crippen LogP) is 1.84. The third-order valence-electron chi connectivity index (χ3n) is 2.89. The van der Waals surface area contributed by atoms with Crippen LogP contribution in [0.3, 0.4) is 0 Å². The molecule has 0 aliphatic heterocycles. The quantitative estimate of drug-likeness (QED) is 0.775. The minimum absolute atomic E-state index is 0.136. The number of pyridine rings is 1. The molecule has 0 spiro atoms. The first-order chi connectivity index (χ1) is 9.31. The molecule has 0 radical (unpaired) electrons. The van der Waals surface area contributed by atoms with Gasteiger partial charge in [-0.1, -0.05) is 6.07 Å². The second-order valence-electron chi connectivity index (χ2n) is 4.08. The Balaban J connectivity index is 1.99. The third kappa shape index (κ3) is 2.06. The first-order valence-electron chi connectivity index (χ1n) is 6.09. The number of ether oxygens (including phenoxy) is 1. The van der Waals surface area contributed by atoms with Gasteiger partial charge in [0.25, 0.3) is 0 Å². The van der Waals surface area contributed by atoms with Gasteiger partial charge in [0.2, 0.25) is 5.88 Å². The fraction of sp³-hybridized carbons (Fsp3) is 0.231. The maximum absolute atomic E-state index is 9.47. The molecule has 6 nitrogen and oxygen atoms in total. The van der Waals surface area contributed by atoms with Crippen molar-refractivity contribution in [3.63, 3.8) is 0 Å². The van der Waals surface area contributed by atoms with E-state index in [-0.39, 0.29) is 6.61 Å². The van der Waals surface area contributed by atoms with Gasteiger partial charge in [0.05, 0.1) is 19.0 Å². The third-order valence-corrected chi connectivity index (χ3v) is 2.89. The Hall–Kier alpha value is -2.34. The lowest BCUT2D eigenvalue weighted by Gasteiger charge is -2.01. The molecule has 0 fully saturated rings. The molecular formula is C13H14N4O2. The molecule has 0 aliphatic rings. The van der Waals surface area contributed by atoms with E-state index in [9.17, 15) is 5.11 Å². The first kappa shape index (κ1) is 11.7. The summed E-state index contributed by atoms with van der Waals surface area (Å²) in [7, 11) is 0. The molecule has 0 amide bonds. The highest BCUT2D eigenvalue weighted by atomic mass is 16.5. The topological polar surface area (TPSA) is 64.6 Å². The van der Waals surface area contributed by atoms with Crippen LogP contribution in [0.1, 0.15) is 12.6 Å². The molecule has 0 saturated heterocycles. The predicted molar refractivity (Wildman–Crippen MR) is 69.1 cm³/mol. The number of fused-ring (bicyclic) bond motifs is 1. The van der Waals surface area contributed by atoms with Crippen LogP contribution in [0, 0.1) is 0 Å². The van der Waals surface area contributed by atoms with Crippen molar-refractivity contribution in [3.05, 3.63) is 42.5 Å². The number of hydrogen-bond acceptors (Lipinski definition) is 4. The molecular weight excluding hydrogens is 244 g/mol. The van der Waals surface area contributed by atoms with Crippen molar-refractivity contribution in [1.82, 2.24) is 19.2 Å². The number of aryl methyl sites for hydroxylation is 1. The lowest BCUT2D eigenvalue weighted by molar-refractivity contribution is 0.269. The van der Waals surface area contributed by atoms with Gasteiger partial charge >= 0.3 is 0 Å². The van der Waals surface area contributed by atoms with Crippen molar-refractivity contribution >= 4 is 5.65 Å². The smallest absolute Gasteiger partial charge is 0.244 e. The van der Waals surface area contributed by atoms with E-state index in [4.69, 9.17) is 4.74 Å². The van der Waals surface area contributed by atoms with Gasteiger partial charge in [-0.2, -0.15) is 10.1 Å². The van der Waals surface area contributed by atoms with E-state index < -0.39 is 0 Å². The number of aliphatic hydroxyl groups excluding tert-OH is 1. The molecule has 0 saturated carbocycles. The summed E-state index contributed by atoms with van der Waals surface area (Å²) in [5.74, 6) is 1.02. The van der Waals surface area contributed by atoms with E-state index in [0.29, 0.717) is 17.3 Å². The minimum Gasteiger partial charge on any atom is -0.434 e. The summed E-state index contributed by atoms with van der Waals surface area (Å²) in [6, 6.07) is 5.64. The van der Waals surface area contributed by atoms with Crippen LogP contribution in [-0.2, 0) is 13.2 Å². The molecule has 3 heterocycles. The summed E-state index contributed by atoms with van der Waals surface area (Å²) in [4.78, 5) is 4.36. The molecule has 98 valence electrons. The van der Waals surface area contributed by atoms with Crippen LogP contribution < -0.4 is 4.74 Å². The van der Waals surface area contributed by atoms with Crippen LogP contribution in [0.15, 0.2) is 36.8 Å². The average molecular weight is 258 g/mol. The van der Waals surface area contributed by atoms with E-state index in [1.165, 1.54) is 0 Å². The molecule has 19 heavy (non-hydrogen) atoms. The maximum Gasteiger partial charge on any atom is 0.244 e. The molecule has 0 aromatic carbocycles. The Morgan fingerprint density at radius 3 is 3.00 bits per heavy atom. The summed E-state index contributed by atoms with van der Waals surface area (Å²) in [6.45, 7) is 2.64. The minimum atomic E-state index is -0.136. The largest absolute Gasteiger partial charge is 0.434 e. The summed E-state index contributed by atoms with van der Waals surface area (Å²) in [6.07, 6.45) is 5.27. The highest BCUT2D eigenvalue weighted by Gasteiger charge is 2.13. The zero-order valence-corrected chi connectivity index (χ0v) is 10.5. The molecule has 1 N–H and O–H groups in total. The highest BCUT2D eigenvalue weighted by Crippen LogP contribution is 2.25. The lowest BCUT2D eigenvalue weighted by atomic mass is 10.4. The van der Waals surface area contributed by atoms with Crippen LogP contribution in [0.5, 0.6) is 11.6 Å². The fourth-order valence-electron chi connectivity index (χ4n) is 1.93. The van der Waals surface area contributed by atoms with Gasteiger partial charge in [0.15, 0.2) is 5.75 Å². The summed E-state index contributed by atoms with van der Waals surface area (Å²) >= 11 is 0. The van der Waals surface area contributed by atoms with E-state index in [1.807, 2.05) is 31.3 Å². The van der Waals surface area contributed by atoms with Crippen molar-refractivity contribution in [2.75, 3.05) is 0 Å². The molecule has 3 aromatic heterocycles. The van der Waals surface area contributed by atoms with Crippen molar-refractivity contribution in [2.24, 2.45) is 0 Å². The number of imidazole rings is 1. The Labute approximate surface area is 109 Å². The summed E-state index contributed by atoms with van der Waals surface area (Å²) in [5, 5.41) is 13.6. The van der Waals surface area contributed by atoms with E-state index >= 15 is 0 Å². The van der Waals surface area contributed by atoms with Crippen LogP contribution in [0.4, 0.5) is 0 Å². The Morgan fingerprint density at radius 1 is 1.37 bits per heavy atom. The number of nitrogens with zero attached hydrogens (tertiary/aromatic N) is 4. The fourth-order valence-corrected chi connectivity index (χ4v) is 1.93. The lowest BCUT2D eigenvalue weighted by Crippen LogP contribution is -1.94. The van der Waals surface area contributed by atoms with Crippen molar-refractivity contribution in [1.29, 1.82) is 0 Å². The molecule has 3 rings (SSSR count). The van der Waals surface area contributed by atoms with Gasteiger partial charge in [0, 0.05) is 12.7 Å². The second-order valence-corrected chi connectivity index (χ2v) is 4.08. The molecule has 0 atom stereocenters. The van der Waals surface area contributed by atoms with Crippen LogP contribution in [0.25, 0.3) is 5.65 Å². The number of hydrogen-bond donors (Lipinski definition) is 1. The average Bonchev–Trinajstić information content (AvgIpc) is 3.02. The van der Waals surface area contributed by atoms with E-state index in [0.717, 1.165) is 12.2 Å². The second kappa shape index (κ2) is 4.74. The normalized spacial score (nSPS) is 11.1. The van der Waals surface area contributed by atoms with Crippen LogP contribution in [-0.4, -0.2) is 24.3 Å². The number of aliphatic hydroxyl groups is 1. The van der Waals surface area contributed by atoms with Gasteiger partial charge < -0.3 is 9.84 Å². The molecule has 3 aromatic rings. The van der Waals surface area contributed by atoms with Crippen molar-refractivity contribution in [2.45, 2.75) is 20.1 Å². The number of rotatable bonds is 4. The zero-order valence-electron chi connectivity index (χ0n) is 10.5. The molecule has 6 heteroatoms. The maximum atomic E-state index is 9.47.